The number of hydrogen-bond donors (Lipinski definition) is 0. The molecule has 0 unspecified atom stereocenters. The summed E-state index contributed by atoms with van der Waals surface area (Å²) in [7, 11) is -3.55. The molecule has 0 aliphatic heterocycles. The molecule has 19 heavy (non-hydrogen) atoms. The Hall–Kier alpha value is -1.17. The molecule has 0 saturated carbocycles. The molecule has 2 aromatic carbocycles. The molecule has 5 heteroatoms. The first-order valence-corrected chi connectivity index (χ1v) is 8.29. The van der Waals surface area contributed by atoms with E-state index in [9.17, 15) is 8.42 Å². The Bertz CT molecular complexity index is 674. The van der Waals surface area contributed by atoms with Crippen LogP contribution >= 0.6 is 24.0 Å². The molecule has 0 bridgehead atoms. The predicted octanol–water partition coefficient (Wildman–Crippen LogP) is 3.85. The van der Waals surface area contributed by atoms with Gasteiger partial charge in [-0.05, 0) is 31.2 Å². The Kier molecular flexibility index (Phi) is 4.39. The van der Waals surface area contributed by atoms with Crippen molar-refractivity contribution < 1.29 is 8.42 Å². The van der Waals surface area contributed by atoms with Gasteiger partial charge in [-0.15, -0.1) is 0 Å². The highest BCUT2D eigenvalue weighted by molar-refractivity contribution is 8.44. The minimum atomic E-state index is -3.55. The SMILES string of the molecule is Cc1ccc(SC(=S)S(=O)(=O)c2ccccc2)cc1. The van der Waals surface area contributed by atoms with Gasteiger partial charge in [0.15, 0.2) is 3.53 Å². The Morgan fingerprint density at radius 2 is 1.58 bits per heavy atom. The normalized spacial score (nSPS) is 11.2. The van der Waals surface area contributed by atoms with Gasteiger partial charge < -0.3 is 0 Å². The summed E-state index contributed by atoms with van der Waals surface area (Å²) in [6.45, 7) is 1.98. The molecular formula is C14H12O2S3. The lowest BCUT2D eigenvalue weighted by atomic mass is 10.2. The van der Waals surface area contributed by atoms with Crippen molar-refractivity contribution in [2.24, 2.45) is 0 Å². The molecular weight excluding hydrogens is 296 g/mol. The molecule has 2 aromatic rings. The van der Waals surface area contributed by atoms with Crippen molar-refractivity contribution in [1.29, 1.82) is 0 Å². The van der Waals surface area contributed by atoms with Crippen LogP contribution < -0.4 is 0 Å². The lowest BCUT2D eigenvalue weighted by molar-refractivity contribution is 0.608. The molecule has 0 N–H and O–H groups in total. The van der Waals surface area contributed by atoms with Crippen LogP contribution in [0.25, 0.3) is 0 Å². The zero-order chi connectivity index (χ0) is 13.9. The Labute approximate surface area is 122 Å². The van der Waals surface area contributed by atoms with Crippen LogP contribution in [0.1, 0.15) is 5.56 Å². The number of benzene rings is 2. The van der Waals surface area contributed by atoms with E-state index in [1.54, 1.807) is 30.3 Å². The number of aryl methyl sites for hydroxylation is 1. The molecule has 0 spiro atoms. The summed E-state index contributed by atoms with van der Waals surface area (Å²) in [5.74, 6) is 0. The third-order valence-corrected chi connectivity index (χ3v) is 6.32. The van der Waals surface area contributed by atoms with Crippen molar-refractivity contribution in [2.75, 3.05) is 0 Å². The van der Waals surface area contributed by atoms with Crippen LogP contribution in [0, 0.1) is 6.92 Å². The van der Waals surface area contributed by atoms with Crippen LogP contribution in [-0.2, 0) is 9.84 Å². The second-order valence-electron chi connectivity index (χ2n) is 3.98. The van der Waals surface area contributed by atoms with Crippen molar-refractivity contribution in [2.45, 2.75) is 16.7 Å². The van der Waals surface area contributed by atoms with Gasteiger partial charge >= 0.3 is 0 Å². The molecule has 0 aromatic heterocycles. The van der Waals surface area contributed by atoms with E-state index >= 15 is 0 Å². The molecule has 0 fully saturated rings. The van der Waals surface area contributed by atoms with E-state index in [4.69, 9.17) is 12.2 Å². The van der Waals surface area contributed by atoms with Crippen LogP contribution in [0.4, 0.5) is 0 Å². The van der Waals surface area contributed by atoms with Gasteiger partial charge in [-0.3, -0.25) is 0 Å². The third kappa shape index (κ3) is 3.43. The fourth-order valence-electron chi connectivity index (χ4n) is 1.45. The first-order chi connectivity index (χ1) is 9.00. The van der Waals surface area contributed by atoms with E-state index in [1.807, 2.05) is 31.2 Å². The number of thioether (sulfide) groups is 1. The van der Waals surface area contributed by atoms with Crippen molar-refractivity contribution in [3.63, 3.8) is 0 Å². The molecule has 2 nitrogen and oxygen atoms in total. The molecule has 0 heterocycles. The fourth-order valence-corrected chi connectivity index (χ4v) is 4.22. The first-order valence-electron chi connectivity index (χ1n) is 5.59. The fraction of sp³-hybridized carbons (Fsp3) is 0.0714. The highest BCUT2D eigenvalue weighted by Gasteiger charge is 2.21. The maximum atomic E-state index is 12.2. The summed E-state index contributed by atoms with van der Waals surface area (Å²) >= 11 is 6.16. The van der Waals surface area contributed by atoms with E-state index in [0.29, 0.717) is 0 Å². The van der Waals surface area contributed by atoms with Crippen molar-refractivity contribution >= 4 is 37.3 Å². The second kappa shape index (κ2) is 5.86. The average molecular weight is 308 g/mol. The van der Waals surface area contributed by atoms with Gasteiger partial charge in [-0.2, -0.15) is 0 Å². The van der Waals surface area contributed by atoms with Gasteiger partial charge in [0.05, 0.1) is 4.90 Å². The lowest BCUT2D eigenvalue weighted by Gasteiger charge is -2.06. The van der Waals surface area contributed by atoms with E-state index in [0.717, 1.165) is 22.2 Å². The summed E-state index contributed by atoms with van der Waals surface area (Å²) < 4.78 is 24.5. The third-order valence-electron chi connectivity index (χ3n) is 2.50. The number of sulfone groups is 1. The highest BCUT2D eigenvalue weighted by Crippen LogP contribution is 2.26. The predicted molar refractivity (Wildman–Crippen MR) is 83.3 cm³/mol. The number of hydrogen-bond acceptors (Lipinski definition) is 4. The highest BCUT2D eigenvalue weighted by atomic mass is 32.3. The van der Waals surface area contributed by atoms with Gasteiger partial charge in [0.2, 0.25) is 9.84 Å². The smallest absolute Gasteiger partial charge is 0.217 e. The number of thiocarbonyl (C=S) groups is 1. The molecule has 0 saturated heterocycles. The van der Waals surface area contributed by atoms with Crippen molar-refractivity contribution in [1.82, 2.24) is 0 Å². The van der Waals surface area contributed by atoms with Gasteiger partial charge in [-0.25, -0.2) is 8.42 Å². The second-order valence-corrected chi connectivity index (χ2v) is 8.14. The van der Waals surface area contributed by atoms with Gasteiger partial charge in [-0.1, -0.05) is 59.9 Å². The Morgan fingerprint density at radius 1 is 1.00 bits per heavy atom. The maximum Gasteiger partial charge on any atom is 0.223 e. The summed E-state index contributed by atoms with van der Waals surface area (Å²) in [5.41, 5.74) is 1.13. The topological polar surface area (TPSA) is 34.1 Å². The number of rotatable bonds is 2. The molecule has 0 radical (unpaired) electrons. The first kappa shape index (κ1) is 14.2. The van der Waals surface area contributed by atoms with Crippen LogP contribution in [0.5, 0.6) is 0 Å². The van der Waals surface area contributed by atoms with E-state index in [-0.39, 0.29) is 8.42 Å². The minimum absolute atomic E-state index is 0.0254. The van der Waals surface area contributed by atoms with Crippen LogP contribution in [0.2, 0.25) is 0 Å². The Morgan fingerprint density at radius 3 is 2.16 bits per heavy atom. The van der Waals surface area contributed by atoms with Crippen LogP contribution in [0.3, 0.4) is 0 Å². The van der Waals surface area contributed by atoms with Crippen molar-refractivity contribution in [3.05, 3.63) is 60.2 Å². The summed E-state index contributed by atoms with van der Waals surface area (Å²) in [6.07, 6.45) is 0. The summed E-state index contributed by atoms with van der Waals surface area (Å²) in [4.78, 5) is 1.06. The molecule has 0 amide bonds. The van der Waals surface area contributed by atoms with Gasteiger partial charge in [0.25, 0.3) is 0 Å². The maximum absolute atomic E-state index is 12.2. The average Bonchev–Trinajstić information content (AvgIpc) is 2.42. The lowest BCUT2D eigenvalue weighted by Crippen LogP contribution is -2.09. The van der Waals surface area contributed by atoms with E-state index in [1.165, 1.54) is 0 Å². The molecule has 98 valence electrons. The van der Waals surface area contributed by atoms with Crippen molar-refractivity contribution in [3.8, 4) is 0 Å². The largest absolute Gasteiger partial charge is 0.223 e. The van der Waals surface area contributed by atoms with E-state index < -0.39 is 9.84 Å². The minimum Gasteiger partial charge on any atom is -0.217 e. The molecule has 0 atom stereocenters. The van der Waals surface area contributed by atoms with Gasteiger partial charge in [0, 0.05) is 4.90 Å². The Balaban J connectivity index is 2.23. The van der Waals surface area contributed by atoms with Crippen LogP contribution in [-0.4, -0.2) is 11.9 Å². The molecule has 0 aliphatic rings. The molecule has 2 rings (SSSR count). The summed E-state index contributed by atoms with van der Waals surface area (Å²) in [5, 5.41) is 0. The quantitative estimate of drug-likeness (QED) is 0.623. The molecule has 0 aliphatic carbocycles. The van der Waals surface area contributed by atoms with Crippen LogP contribution in [0.15, 0.2) is 64.4 Å². The summed E-state index contributed by atoms with van der Waals surface area (Å²) in [6, 6.07) is 15.8. The zero-order valence-electron chi connectivity index (χ0n) is 10.2. The van der Waals surface area contributed by atoms with E-state index in [2.05, 4.69) is 0 Å². The standard InChI is InChI=1S/C14H12O2S3/c1-11-7-9-12(10-8-11)18-14(17)19(15,16)13-5-3-2-4-6-13/h2-10H,1H3. The van der Waals surface area contributed by atoms with Gasteiger partial charge in [0.1, 0.15) is 0 Å². The zero-order valence-corrected chi connectivity index (χ0v) is 12.7. The monoisotopic (exact) mass is 308 g/mol.